The molecule has 0 bridgehead atoms. The highest BCUT2D eigenvalue weighted by molar-refractivity contribution is 5.95. The Morgan fingerprint density at radius 2 is 2.29 bits per heavy atom. The van der Waals surface area contributed by atoms with Gasteiger partial charge in [0, 0.05) is 12.2 Å². The molecule has 1 saturated carbocycles. The fourth-order valence-electron chi connectivity index (χ4n) is 2.00. The monoisotopic (exact) mass is 234 g/mol. The van der Waals surface area contributed by atoms with Crippen LogP contribution in [-0.4, -0.2) is 17.6 Å². The van der Waals surface area contributed by atoms with E-state index in [1.807, 2.05) is 0 Å². The Labute approximate surface area is 101 Å². The molecular formula is C13H18N2O2. The second-order valence-electron chi connectivity index (χ2n) is 4.81. The number of nitrogens with two attached hydrogens (primary N) is 1. The molecular weight excluding hydrogens is 216 g/mol. The normalized spacial score (nSPS) is 16.5. The summed E-state index contributed by atoms with van der Waals surface area (Å²) in [4.78, 5) is 11.0. The zero-order chi connectivity index (χ0) is 12.4. The second kappa shape index (κ2) is 4.65. The standard InChI is InChI=1S/C13H18N2O2/c1-8(9-2-3-9)7-15-12-6-10(14)4-5-11(12)13(16)17/h4-6,8-9,15H,2-3,7,14H2,1H3,(H,16,17). The van der Waals surface area contributed by atoms with Crippen LogP contribution in [0.3, 0.4) is 0 Å². The molecule has 1 aliphatic carbocycles. The zero-order valence-electron chi connectivity index (χ0n) is 9.94. The van der Waals surface area contributed by atoms with Gasteiger partial charge in [0.15, 0.2) is 0 Å². The third-order valence-corrected chi connectivity index (χ3v) is 3.32. The van der Waals surface area contributed by atoms with E-state index in [-0.39, 0.29) is 5.56 Å². The topological polar surface area (TPSA) is 75.3 Å². The molecule has 17 heavy (non-hydrogen) atoms. The summed E-state index contributed by atoms with van der Waals surface area (Å²) in [5.41, 5.74) is 7.15. The second-order valence-corrected chi connectivity index (χ2v) is 4.81. The average Bonchev–Trinajstić information content (AvgIpc) is 3.09. The fraction of sp³-hybridized carbons (Fsp3) is 0.462. The van der Waals surface area contributed by atoms with Crippen LogP contribution >= 0.6 is 0 Å². The molecule has 1 unspecified atom stereocenters. The minimum absolute atomic E-state index is 0.280. The fourth-order valence-corrected chi connectivity index (χ4v) is 2.00. The summed E-state index contributed by atoms with van der Waals surface area (Å²) in [5, 5.41) is 12.3. The Hall–Kier alpha value is -1.71. The van der Waals surface area contributed by atoms with Crippen molar-refractivity contribution >= 4 is 17.3 Å². The SMILES string of the molecule is CC(CNc1cc(N)ccc1C(=O)O)C1CC1. The molecule has 1 atom stereocenters. The zero-order valence-corrected chi connectivity index (χ0v) is 9.94. The number of hydrogen-bond donors (Lipinski definition) is 3. The number of benzene rings is 1. The summed E-state index contributed by atoms with van der Waals surface area (Å²) in [6.07, 6.45) is 2.59. The maximum atomic E-state index is 11.0. The molecule has 92 valence electrons. The molecule has 1 fully saturated rings. The van der Waals surface area contributed by atoms with Gasteiger partial charge in [0.05, 0.1) is 11.3 Å². The highest BCUT2D eigenvalue weighted by Gasteiger charge is 2.27. The van der Waals surface area contributed by atoms with Crippen molar-refractivity contribution in [3.63, 3.8) is 0 Å². The van der Waals surface area contributed by atoms with Gasteiger partial charge in [-0.15, -0.1) is 0 Å². The van der Waals surface area contributed by atoms with E-state index >= 15 is 0 Å². The lowest BCUT2D eigenvalue weighted by atomic mass is 10.1. The summed E-state index contributed by atoms with van der Waals surface area (Å²) in [6, 6.07) is 4.84. The van der Waals surface area contributed by atoms with Crippen LogP contribution < -0.4 is 11.1 Å². The Morgan fingerprint density at radius 1 is 1.59 bits per heavy atom. The van der Waals surface area contributed by atoms with E-state index in [2.05, 4.69) is 12.2 Å². The van der Waals surface area contributed by atoms with Gasteiger partial charge >= 0.3 is 5.97 Å². The van der Waals surface area contributed by atoms with Crippen molar-refractivity contribution < 1.29 is 9.90 Å². The lowest BCUT2D eigenvalue weighted by Crippen LogP contribution is -2.15. The van der Waals surface area contributed by atoms with Crippen LogP contribution in [-0.2, 0) is 0 Å². The largest absolute Gasteiger partial charge is 0.478 e. The summed E-state index contributed by atoms with van der Waals surface area (Å²) in [6.45, 7) is 2.99. The van der Waals surface area contributed by atoms with Gasteiger partial charge < -0.3 is 16.2 Å². The Bertz CT molecular complexity index is 427. The molecule has 0 aromatic heterocycles. The van der Waals surface area contributed by atoms with Gasteiger partial charge in [-0.05, 0) is 42.9 Å². The van der Waals surface area contributed by atoms with Gasteiger partial charge in [-0.2, -0.15) is 0 Å². The molecule has 1 aromatic rings. The van der Waals surface area contributed by atoms with Crippen LogP contribution in [0.4, 0.5) is 11.4 Å². The summed E-state index contributed by atoms with van der Waals surface area (Å²) >= 11 is 0. The van der Waals surface area contributed by atoms with E-state index in [1.165, 1.54) is 12.8 Å². The number of anilines is 2. The number of nitrogen functional groups attached to an aromatic ring is 1. The van der Waals surface area contributed by atoms with Crippen molar-refractivity contribution in [2.45, 2.75) is 19.8 Å². The van der Waals surface area contributed by atoms with E-state index < -0.39 is 5.97 Å². The highest BCUT2D eigenvalue weighted by Crippen LogP contribution is 2.36. The molecule has 0 spiro atoms. The lowest BCUT2D eigenvalue weighted by Gasteiger charge is -2.14. The van der Waals surface area contributed by atoms with Crippen LogP contribution in [0.2, 0.25) is 0 Å². The number of hydrogen-bond acceptors (Lipinski definition) is 3. The molecule has 4 heteroatoms. The number of aromatic carboxylic acids is 1. The number of carbonyl (C=O) groups is 1. The van der Waals surface area contributed by atoms with Gasteiger partial charge in [-0.3, -0.25) is 0 Å². The first-order chi connectivity index (χ1) is 8.08. The smallest absolute Gasteiger partial charge is 0.337 e. The first-order valence-corrected chi connectivity index (χ1v) is 5.94. The molecule has 4 N–H and O–H groups in total. The van der Waals surface area contributed by atoms with Crippen LogP contribution in [0.1, 0.15) is 30.1 Å². The maximum absolute atomic E-state index is 11.0. The Morgan fingerprint density at radius 3 is 2.88 bits per heavy atom. The van der Waals surface area contributed by atoms with Gasteiger partial charge in [-0.25, -0.2) is 4.79 Å². The maximum Gasteiger partial charge on any atom is 0.337 e. The predicted octanol–water partition coefficient (Wildman–Crippen LogP) is 2.43. The van der Waals surface area contributed by atoms with E-state index in [0.29, 0.717) is 17.3 Å². The van der Waals surface area contributed by atoms with E-state index in [0.717, 1.165) is 12.5 Å². The number of rotatable bonds is 5. The minimum atomic E-state index is -0.924. The lowest BCUT2D eigenvalue weighted by molar-refractivity contribution is 0.0698. The minimum Gasteiger partial charge on any atom is -0.478 e. The predicted molar refractivity (Wildman–Crippen MR) is 68.2 cm³/mol. The van der Waals surface area contributed by atoms with Gasteiger partial charge in [0.25, 0.3) is 0 Å². The van der Waals surface area contributed by atoms with Crippen molar-refractivity contribution in [1.29, 1.82) is 0 Å². The van der Waals surface area contributed by atoms with Crippen LogP contribution in [0.5, 0.6) is 0 Å². The highest BCUT2D eigenvalue weighted by atomic mass is 16.4. The van der Waals surface area contributed by atoms with Gasteiger partial charge in [-0.1, -0.05) is 6.92 Å². The molecule has 2 rings (SSSR count). The third kappa shape index (κ3) is 2.90. The van der Waals surface area contributed by atoms with E-state index in [4.69, 9.17) is 10.8 Å². The molecule has 0 amide bonds. The van der Waals surface area contributed by atoms with Crippen molar-refractivity contribution in [3.05, 3.63) is 23.8 Å². The molecule has 1 aromatic carbocycles. The molecule has 0 aliphatic heterocycles. The van der Waals surface area contributed by atoms with Crippen LogP contribution in [0, 0.1) is 11.8 Å². The summed E-state index contributed by atoms with van der Waals surface area (Å²) < 4.78 is 0. The van der Waals surface area contributed by atoms with E-state index in [9.17, 15) is 4.79 Å². The number of nitrogens with one attached hydrogen (secondary N) is 1. The van der Waals surface area contributed by atoms with Crippen LogP contribution in [0.25, 0.3) is 0 Å². The third-order valence-electron chi connectivity index (χ3n) is 3.32. The number of carboxylic acid groups (broad SMARTS) is 1. The van der Waals surface area contributed by atoms with Gasteiger partial charge in [0.2, 0.25) is 0 Å². The molecule has 0 heterocycles. The Balaban J connectivity index is 2.07. The van der Waals surface area contributed by atoms with Crippen molar-refractivity contribution in [2.75, 3.05) is 17.6 Å². The van der Waals surface area contributed by atoms with Crippen molar-refractivity contribution in [3.8, 4) is 0 Å². The molecule has 0 saturated heterocycles. The first-order valence-electron chi connectivity index (χ1n) is 5.94. The number of carboxylic acids is 1. The average molecular weight is 234 g/mol. The van der Waals surface area contributed by atoms with E-state index in [1.54, 1.807) is 18.2 Å². The molecule has 4 nitrogen and oxygen atoms in total. The van der Waals surface area contributed by atoms with Crippen LogP contribution in [0.15, 0.2) is 18.2 Å². The quantitative estimate of drug-likeness (QED) is 0.684. The van der Waals surface area contributed by atoms with Gasteiger partial charge in [0.1, 0.15) is 0 Å². The summed E-state index contributed by atoms with van der Waals surface area (Å²) in [5.74, 6) is 0.460. The Kier molecular flexibility index (Phi) is 3.22. The van der Waals surface area contributed by atoms with Crippen molar-refractivity contribution in [2.24, 2.45) is 11.8 Å². The molecule has 0 radical (unpaired) electrons. The first kappa shape index (κ1) is 11.8. The van der Waals surface area contributed by atoms with Crippen molar-refractivity contribution in [1.82, 2.24) is 0 Å². The molecule has 1 aliphatic rings. The summed E-state index contributed by atoms with van der Waals surface area (Å²) in [7, 11) is 0.